The fraction of sp³-hybridized carbons (Fsp3) is 0.286. The lowest BCUT2D eigenvalue weighted by atomic mass is 10.2. The lowest BCUT2D eigenvalue weighted by Gasteiger charge is -2.06. The van der Waals surface area contributed by atoms with Gasteiger partial charge in [0.05, 0.1) is 5.69 Å². The van der Waals surface area contributed by atoms with Gasteiger partial charge in [0, 0.05) is 31.1 Å². The number of amides is 1. The normalized spacial score (nSPS) is 10.4. The van der Waals surface area contributed by atoms with Gasteiger partial charge in [-0.25, -0.2) is 4.79 Å². The van der Waals surface area contributed by atoms with Gasteiger partial charge in [-0.1, -0.05) is 0 Å². The fourth-order valence-electron chi connectivity index (χ4n) is 1.85. The number of carbonyl (C=O) groups is 1. The Morgan fingerprint density at radius 3 is 2.60 bits per heavy atom. The van der Waals surface area contributed by atoms with Gasteiger partial charge in [0.2, 0.25) is 5.91 Å². The third-order valence-corrected chi connectivity index (χ3v) is 2.89. The molecule has 0 aliphatic rings. The second-order valence-corrected chi connectivity index (χ2v) is 4.41. The van der Waals surface area contributed by atoms with Crippen LogP contribution >= 0.6 is 0 Å². The van der Waals surface area contributed by atoms with Crippen molar-refractivity contribution in [2.45, 2.75) is 19.3 Å². The average molecular weight is 275 g/mol. The second-order valence-electron chi connectivity index (χ2n) is 4.41. The molecule has 0 saturated carbocycles. The standard InChI is InChI=1S/C14H17N3O3/c18-10-2-1-3-13(19)16-11-4-6-12(7-5-11)17-9-8-15-14(17)20/h4-9,18H,1-3,10H2,(H,15,20)(H,16,19). The second kappa shape index (κ2) is 6.72. The Bertz CT molecular complexity index is 613. The van der Waals surface area contributed by atoms with Crippen molar-refractivity contribution in [1.82, 2.24) is 9.55 Å². The summed E-state index contributed by atoms with van der Waals surface area (Å²) in [6.07, 6.45) is 4.89. The summed E-state index contributed by atoms with van der Waals surface area (Å²) in [7, 11) is 0. The van der Waals surface area contributed by atoms with Crippen molar-refractivity contribution in [2.24, 2.45) is 0 Å². The smallest absolute Gasteiger partial charge is 0.330 e. The Morgan fingerprint density at radius 1 is 1.25 bits per heavy atom. The summed E-state index contributed by atoms with van der Waals surface area (Å²) < 4.78 is 1.48. The van der Waals surface area contributed by atoms with Crippen LogP contribution < -0.4 is 11.0 Å². The number of H-pyrrole nitrogens is 1. The number of benzene rings is 1. The van der Waals surface area contributed by atoms with Crippen LogP contribution in [0, 0.1) is 0 Å². The van der Waals surface area contributed by atoms with Crippen LogP contribution in [0.5, 0.6) is 0 Å². The summed E-state index contributed by atoms with van der Waals surface area (Å²) >= 11 is 0. The lowest BCUT2D eigenvalue weighted by Crippen LogP contribution is -2.14. The third-order valence-electron chi connectivity index (χ3n) is 2.89. The first kappa shape index (κ1) is 14.1. The van der Waals surface area contributed by atoms with E-state index in [-0.39, 0.29) is 18.2 Å². The van der Waals surface area contributed by atoms with Crippen LogP contribution in [0.15, 0.2) is 41.5 Å². The van der Waals surface area contributed by atoms with Gasteiger partial charge in [-0.3, -0.25) is 9.36 Å². The van der Waals surface area contributed by atoms with Crippen LogP contribution in [0.4, 0.5) is 5.69 Å². The van der Waals surface area contributed by atoms with Crippen molar-refractivity contribution in [1.29, 1.82) is 0 Å². The molecule has 0 saturated heterocycles. The molecule has 1 amide bonds. The van der Waals surface area contributed by atoms with E-state index in [0.29, 0.717) is 24.9 Å². The first-order valence-corrected chi connectivity index (χ1v) is 6.48. The Morgan fingerprint density at radius 2 is 2.00 bits per heavy atom. The van der Waals surface area contributed by atoms with E-state index < -0.39 is 0 Å². The van der Waals surface area contributed by atoms with E-state index in [1.165, 1.54) is 4.57 Å². The molecule has 106 valence electrons. The van der Waals surface area contributed by atoms with Crippen molar-refractivity contribution in [3.8, 4) is 5.69 Å². The van der Waals surface area contributed by atoms with Crippen LogP contribution in [0.25, 0.3) is 5.69 Å². The first-order valence-electron chi connectivity index (χ1n) is 6.48. The van der Waals surface area contributed by atoms with Gasteiger partial charge in [0.25, 0.3) is 0 Å². The summed E-state index contributed by atoms with van der Waals surface area (Å²) in [6.45, 7) is 0.105. The Balaban J connectivity index is 1.97. The van der Waals surface area contributed by atoms with E-state index in [2.05, 4.69) is 10.3 Å². The maximum absolute atomic E-state index is 11.6. The van der Waals surface area contributed by atoms with E-state index in [9.17, 15) is 9.59 Å². The molecular formula is C14H17N3O3. The zero-order chi connectivity index (χ0) is 14.4. The summed E-state index contributed by atoms with van der Waals surface area (Å²) in [5, 5.41) is 11.4. The SMILES string of the molecule is O=C(CCCCO)Nc1ccc(-n2cc[nH]c2=O)cc1. The number of aromatic amines is 1. The van der Waals surface area contributed by atoms with Crippen molar-refractivity contribution in [3.05, 3.63) is 47.1 Å². The van der Waals surface area contributed by atoms with Crippen LogP contribution in [0.2, 0.25) is 0 Å². The zero-order valence-electron chi connectivity index (χ0n) is 11.0. The van der Waals surface area contributed by atoms with Gasteiger partial charge in [-0.2, -0.15) is 0 Å². The van der Waals surface area contributed by atoms with E-state index in [0.717, 1.165) is 5.69 Å². The van der Waals surface area contributed by atoms with E-state index in [1.807, 2.05) is 0 Å². The summed E-state index contributed by atoms with van der Waals surface area (Å²) in [6, 6.07) is 7.02. The molecule has 0 radical (unpaired) electrons. The summed E-state index contributed by atoms with van der Waals surface area (Å²) in [4.78, 5) is 25.6. The Kier molecular flexibility index (Phi) is 4.73. The predicted molar refractivity (Wildman–Crippen MR) is 76.0 cm³/mol. The average Bonchev–Trinajstić information content (AvgIpc) is 2.86. The molecular weight excluding hydrogens is 258 g/mol. The topological polar surface area (TPSA) is 87.1 Å². The molecule has 0 bridgehead atoms. The Hall–Kier alpha value is -2.34. The number of aromatic nitrogens is 2. The van der Waals surface area contributed by atoms with Crippen LogP contribution in [-0.2, 0) is 4.79 Å². The molecule has 0 aliphatic carbocycles. The molecule has 6 nitrogen and oxygen atoms in total. The highest BCUT2D eigenvalue weighted by Crippen LogP contribution is 2.12. The number of nitrogens with one attached hydrogen (secondary N) is 2. The maximum atomic E-state index is 11.6. The van der Waals surface area contributed by atoms with Gasteiger partial charge >= 0.3 is 5.69 Å². The molecule has 0 spiro atoms. The van der Waals surface area contributed by atoms with E-state index in [4.69, 9.17) is 5.11 Å². The minimum Gasteiger partial charge on any atom is -0.396 e. The number of nitrogens with zero attached hydrogens (tertiary/aromatic N) is 1. The van der Waals surface area contributed by atoms with Crippen molar-refractivity contribution >= 4 is 11.6 Å². The van der Waals surface area contributed by atoms with Gasteiger partial charge in [0.15, 0.2) is 0 Å². The minimum atomic E-state index is -0.203. The highest BCUT2D eigenvalue weighted by atomic mass is 16.3. The lowest BCUT2D eigenvalue weighted by molar-refractivity contribution is -0.116. The fourth-order valence-corrected chi connectivity index (χ4v) is 1.85. The molecule has 1 aromatic heterocycles. The highest BCUT2D eigenvalue weighted by molar-refractivity contribution is 5.90. The predicted octanol–water partition coefficient (Wildman–Crippen LogP) is 1.27. The summed E-state index contributed by atoms with van der Waals surface area (Å²) in [5.74, 6) is -0.0787. The molecule has 20 heavy (non-hydrogen) atoms. The largest absolute Gasteiger partial charge is 0.396 e. The van der Waals surface area contributed by atoms with Crippen LogP contribution in [0.3, 0.4) is 0 Å². The molecule has 0 fully saturated rings. The molecule has 0 atom stereocenters. The number of unbranched alkanes of at least 4 members (excludes halogenated alkanes) is 1. The number of imidazole rings is 1. The third kappa shape index (κ3) is 3.58. The quantitative estimate of drug-likeness (QED) is 0.694. The van der Waals surface area contributed by atoms with Crippen molar-refractivity contribution in [2.75, 3.05) is 11.9 Å². The number of carbonyl (C=O) groups excluding carboxylic acids is 1. The Labute approximate surface area is 116 Å². The number of hydrogen-bond acceptors (Lipinski definition) is 3. The number of anilines is 1. The van der Waals surface area contributed by atoms with Crippen LogP contribution in [-0.4, -0.2) is 27.2 Å². The van der Waals surface area contributed by atoms with Gasteiger partial charge in [-0.15, -0.1) is 0 Å². The van der Waals surface area contributed by atoms with Gasteiger partial charge < -0.3 is 15.4 Å². The monoisotopic (exact) mass is 275 g/mol. The molecule has 1 aromatic carbocycles. The molecule has 3 N–H and O–H groups in total. The number of aliphatic hydroxyl groups is 1. The zero-order valence-corrected chi connectivity index (χ0v) is 11.0. The number of rotatable bonds is 6. The minimum absolute atomic E-state index is 0.0787. The first-order chi connectivity index (χ1) is 9.70. The molecule has 6 heteroatoms. The molecule has 2 rings (SSSR count). The van der Waals surface area contributed by atoms with E-state index >= 15 is 0 Å². The molecule has 0 unspecified atom stereocenters. The summed E-state index contributed by atoms with van der Waals surface area (Å²) in [5.41, 5.74) is 1.21. The van der Waals surface area contributed by atoms with Crippen molar-refractivity contribution < 1.29 is 9.90 Å². The molecule has 0 aliphatic heterocycles. The van der Waals surface area contributed by atoms with Crippen LogP contribution in [0.1, 0.15) is 19.3 Å². The van der Waals surface area contributed by atoms with Gasteiger partial charge in [-0.05, 0) is 37.1 Å². The van der Waals surface area contributed by atoms with Crippen molar-refractivity contribution in [3.63, 3.8) is 0 Å². The maximum Gasteiger partial charge on any atom is 0.330 e. The van der Waals surface area contributed by atoms with E-state index in [1.54, 1.807) is 36.7 Å². The molecule has 1 heterocycles. The number of aliphatic hydroxyl groups excluding tert-OH is 1. The number of hydrogen-bond donors (Lipinski definition) is 3. The van der Waals surface area contributed by atoms with Gasteiger partial charge in [0.1, 0.15) is 0 Å². The highest BCUT2D eigenvalue weighted by Gasteiger charge is 2.03. The molecule has 2 aromatic rings.